The maximum atomic E-state index is 11.9. The van der Waals surface area contributed by atoms with Crippen molar-refractivity contribution in [3.05, 3.63) is 58.1 Å². The number of hydrogen-bond donors (Lipinski definition) is 3. The average molecular weight is 435 g/mol. The molecule has 0 radical (unpaired) electrons. The fraction of sp³-hybridized carbons (Fsp3) is 0.300. The lowest BCUT2D eigenvalue weighted by molar-refractivity contribution is -0.121. The highest BCUT2D eigenvalue weighted by atomic mass is 79.9. The molecular weight excluding hydrogens is 412 g/mol. The topological polar surface area (TPSA) is 87.7 Å². The number of aryl methyl sites for hydroxylation is 1. The van der Waals surface area contributed by atoms with Gasteiger partial charge in [0.1, 0.15) is 11.5 Å². The smallest absolute Gasteiger partial charge is 0.251 e. The van der Waals surface area contributed by atoms with E-state index in [0.29, 0.717) is 37.9 Å². The van der Waals surface area contributed by atoms with Crippen molar-refractivity contribution in [3.63, 3.8) is 0 Å². The summed E-state index contributed by atoms with van der Waals surface area (Å²) in [4.78, 5) is 23.8. The Bertz CT molecular complexity index is 795. The van der Waals surface area contributed by atoms with Crippen LogP contribution in [0, 0.1) is 0 Å². The Morgan fingerprint density at radius 2 is 1.89 bits per heavy atom. The predicted molar refractivity (Wildman–Crippen MR) is 107 cm³/mol. The number of ether oxygens (including phenoxy) is 1. The van der Waals surface area contributed by atoms with E-state index in [-0.39, 0.29) is 17.6 Å². The predicted octanol–water partition coefficient (Wildman–Crippen LogP) is 3.03. The Balaban J connectivity index is 1.62. The molecule has 2 amide bonds. The molecule has 0 aromatic heterocycles. The van der Waals surface area contributed by atoms with Gasteiger partial charge in [0.25, 0.3) is 5.91 Å². The van der Waals surface area contributed by atoms with E-state index < -0.39 is 0 Å². The number of carbonyl (C=O) groups is 2. The van der Waals surface area contributed by atoms with Crippen LogP contribution < -0.4 is 15.4 Å². The van der Waals surface area contributed by atoms with E-state index in [1.807, 2.05) is 18.2 Å². The molecule has 144 valence electrons. The summed E-state index contributed by atoms with van der Waals surface area (Å²) in [5, 5.41) is 15.0. The van der Waals surface area contributed by atoms with Crippen LogP contribution in [0.25, 0.3) is 0 Å². The Hall–Kier alpha value is -2.54. The summed E-state index contributed by atoms with van der Waals surface area (Å²) < 4.78 is 6.05. The van der Waals surface area contributed by atoms with Crippen molar-refractivity contribution in [3.8, 4) is 11.5 Å². The van der Waals surface area contributed by atoms with Gasteiger partial charge in [0.05, 0.1) is 11.6 Å². The number of nitrogens with one attached hydrogen (secondary N) is 2. The van der Waals surface area contributed by atoms with Crippen LogP contribution in [-0.4, -0.2) is 37.1 Å². The highest BCUT2D eigenvalue weighted by molar-refractivity contribution is 9.10. The Labute approximate surface area is 167 Å². The molecule has 6 nitrogen and oxygen atoms in total. The van der Waals surface area contributed by atoms with Gasteiger partial charge in [0, 0.05) is 25.1 Å². The van der Waals surface area contributed by atoms with E-state index >= 15 is 0 Å². The minimum Gasteiger partial charge on any atom is -0.508 e. The minimum absolute atomic E-state index is 0.0266. The number of halogens is 1. The zero-order chi connectivity index (χ0) is 19.6. The number of phenolic OH excluding ortho intramolecular Hbond substituents is 1. The lowest BCUT2D eigenvalue weighted by Crippen LogP contribution is -2.30. The normalized spacial score (nSPS) is 10.3. The second-order valence-electron chi connectivity index (χ2n) is 5.98. The molecule has 2 rings (SSSR count). The van der Waals surface area contributed by atoms with Crippen LogP contribution in [0.3, 0.4) is 0 Å². The quantitative estimate of drug-likeness (QED) is 0.529. The molecule has 0 aliphatic rings. The molecule has 0 aliphatic carbocycles. The summed E-state index contributed by atoms with van der Waals surface area (Å²) in [5.74, 6) is 0.540. The van der Waals surface area contributed by atoms with Gasteiger partial charge in [-0.15, -0.1) is 0 Å². The van der Waals surface area contributed by atoms with Crippen LogP contribution in [-0.2, 0) is 11.2 Å². The molecule has 0 saturated heterocycles. The fourth-order valence-corrected chi connectivity index (χ4v) is 3.07. The maximum Gasteiger partial charge on any atom is 0.251 e. The molecule has 2 aromatic rings. The van der Waals surface area contributed by atoms with E-state index in [2.05, 4.69) is 26.6 Å². The van der Waals surface area contributed by atoms with E-state index in [9.17, 15) is 14.7 Å². The molecule has 0 fully saturated rings. The van der Waals surface area contributed by atoms with Gasteiger partial charge in [0.15, 0.2) is 0 Å². The van der Waals surface area contributed by atoms with Crippen molar-refractivity contribution in [1.82, 2.24) is 10.6 Å². The molecule has 7 heteroatoms. The molecule has 0 unspecified atom stereocenters. The minimum atomic E-state index is -0.248. The number of rotatable bonds is 9. The highest BCUT2D eigenvalue weighted by Gasteiger charge is 2.07. The van der Waals surface area contributed by atoms with Gasteiger partial charge in [-0.05, 0) is 64.7 Å². The molecule has 0 atom stereocenters. The Morgan fingerprint density at radius 1 is 1.11 bits per heavy atom. The van der Waals surface area contributed by atoms with Crippen LogP contribution >= 0.6 is 15.9 Å². The van der Waals surface area contributed by atoms with Crippen molar-refractivity contribution in [2.75, 3.05) is 20.2 Å². The number of carbonyl (C=O) groups excluding carboxylic acids is 2. The van der Waals surface area contributed by atoms with E-state index in [1.54, 1.807) is 19.2 Å². The number of hydrogen-bond acceptors (Lipinski definition) is 4. The van der Waals surface area contributed by atoms with Gasteiger partial charge >= 0.3 is 0 Å². The molecule has 2 aromatic carbocycles. The van der Waals surface area contributed by atoms with E-state index in [0.717, 1.165) is 15.8 Å². The first kappa shape index (κ1) is 20.8. The molecule has 3 N–H and O–H groups in total. The van der Waals surface area contributed by atoms with Crippen LogP contribution in [0.2, 0.25) is 0 Å². The number of aromatic hydroxyl groups is 1. The number of benzene rings is 2. The summed E-state index contributed by atoms with van der Waals surface area (Å²) in [7, 11) is 1.61. The molecule has 0 aliphatic heterocycles. The van der Waals surface area contributed by atoms with Crippen LogP contribution in [0.1, 0.15) is 28.8 Å². The lowest BCUT2D eigenvalue weighted by Gasteiger charge is -2.08. The highest BCUT2D eigenvalue weighted by Crippen LogP contribution is 2.25. The van der Waals surface area contributed by atoms with E-state index in [4.69, 9.17) is 4.74 Å². The molecule has 0 spiro atoms. The molecule has 0 bridgehead atoms. The zero-order valence-corrected chi connectivity index (χ0v) is 16.7. The van der Waals surface area contributed by atoms with Crippen LogP contribution in [0.4, 0.5) is 0 Å². The molecule has 0 saturated carbocycles. The first-order valence-corrected chi connectivity index (χ1v) is 9.45. The third-order valence-corrected chi connectivity index (χ3v) is 4.55. The number of amides is 2. The largest absolute Gasteiger partial charge is 0.508 e. The summed E-state index contributed by atoms with van der Waals surface area (Å²) >= 11 is 3.43. The van der Waals surface area contributed by atoms with Gasteiger partial charge in [-0.25, -0.2) is 0 Å². The van der Waals surface area contributed by atoms with Crippen molar-refractivity contribution in [1.29, 1.82) is 0 Å². The fourth-order valence-electron chi connectivity index (χ4n) is 2.48. The monoisotopic (exact) mass is 434 g/mol. The third kappa shape index (κ3) is 6.94. The first-order chi connectivity index (χ1) is 13.0. The Morgan fingerprint density at radius 3 is 2.59 bits per heavy atom. The summed E-state index contributed by atoms with van der Waals surface area (Å²) in [6.07, 6.45) is 1.67. The SMILES string of the molecule is COc1ccc(CCC(=O)NCCCNC(=O)c2cccc(O)c2)cc1Br. The van der Waals surface area contributed by atoms with Crippen molar-refractivity contribution in [2.45, 2.75) is 19.3 Å². The standard InChI is InChI=1S/C20H23BrN2O4/c1-27-18-8-6-14(12-17(18)21)7-9-19(25)22-10-3-11-23-20(26)15-4-2-5-16(24)13-15/h2,4-6,8,12-13,24H,3,7,9-11H2,1H3,(H,22,25)(H,23,26). The molecule has 27 heavy (non-hydrogen) atoms. The van der Waals surface area contributed by atoms with Gasteiger partial charge in [-0.2, -0.15) is 0 Å². The zero-order valence-electron chi connectivity index (χ0n) is 15.1. The number of methoxy groups -OCH3 is 1. The second-order valence-corrected chi connectivity index (χ2v) is 6.83. The first-order valence-electron chi connectivity index (χ1n) is 8.66. The van der Waals surface area contributed by atoms with Gasteiger partial charge in [0.2, 0.25) is 5.91 Å². The van der Waals surface area contributed by atoms with Crippen LogP contribution in [0.15, 0.2) is 46.9 Å². The van der Waals surface area contributed by atoms with Gasteiger partial charge in [-0.1, -0.05) is 12.1 Å². The number of phenols is 1. The third-order valence-electron chi connectivity index (χ3n) is 3.93. The van der Waals surface area contributed by atoms with Gasteiger partial charge < -0.3 is 20.5 Å². The molecular formula is C20H23BrN2O4. The maximum absolute atomic E-state index is 11.9. The molecule has 0 heterocycles. The second kappa shape index (κ2) is 10.6. The van der Waals surface area contributed by atoms with Crippen molar-refractivity contribution in [2.24, 2.45) is 0 Å². The summed E-state index contributed by atoms with van der Waals surface area (Å²) in [5.41, 5.74) is 1.46. The van der Waals surface area contributed by atoms with E-state index in [1.165, 1.54) is 12.1 Å². The van der Waals surface area contributed by atoms with Gasteiger partial charge in [-0.3, -0.25) is 9.59 Å². The summed E-state index contributed by atoms with van der Waals surface area (Å²) in [6.45, 7) is 0.936. The van der Waals surface area contributed by atoms with Crippen LogP contribution in [0.5, 0.6) is 11.5 Å². The summed E-state index contributed by atoms with van der Waals surface area (Å²) in [6, 6.07) is 11.9. The van der Waals surface area contributed by atoms with Crippen molar-refractivity contribution >= 4 is 27.7 Å². The van der Waals surface area contributed by atoms with Crippen molar-refractivity contribution < 1.29 is 19.4 Å². The lowest BCUT2D eigenvalue weighted by atomic mass is 10.1. The Kier molecular flexibility index (Phi) is 8.13. The average Bonchev–Trinajstić information content (AvgIpc) is 2.66.